The minimum atomic E-state index is -0.644. The summed E-state index contributed by atoms with van der Waals surface area (Å²) < 4.78 is 15.5. The van der Waals surface area contributed by atoms with E-state index in [1.54, 1.807) is 11.0 Å². The fourth-order valence-electron chi connectivity index (χ4n) is 3.59. The average Bonchev–Trinajstić information content (AvgIpc) is 2.75. The monoisotopic (exact) mass is 446 g/mol. The lowest BCUT2D eigenvalue weighted by molar-refractivity contribution is -0.126. The number of nitrogens with zero attached hydrogens (tertiary/aromatic N) is 4. The van der Waals surface area contributed by atoms with Crippen molar-refractivity contribution in [1.29, 1.82) is 0 Å². The summed E-state index contributed by atoms with van der Waals surface area (Å²) in [6.45, 7) is 5.58. The Hall–Kier alpha value is -2.90. The summed E-state index contributed by atoms with van der Waals surface area (Å²) in [5.41, 5.74) is 0.442. The van der Waals surface area contributed by atoms with Gasteiger partial charge in [-0.2, -0.15) is 0 Å². The summed E-state index contributed by atoms with van der Waals surface area (Å²) in [7, 11) is 0. The van der Waals surface area contributed by atoms with E-state index >= 15 is 4.39 Å². The fraction of sp³-hybridized carbons (Fsp3) is 0.190. The third-order valence-electron chi connectivity index (χ3n) is 5.08. The Bertz CT molecular complexity index is 1160. The molecule has 1 fully saturated rings. The Kier molecular flexibility index (Phi) is 5.49. The Morgan fingerprint density at radius 3 is 2.57 bits per heavy atom. The Balaban J connectivity index is 1.78. The fourth-order valence-corrected chi connectivity index (χ4v) is 4.09. The van der Waals surface area contributed by atoms with E-state index in [2.05, 4.69) is 16.5 Å². The van der Waals surface area contributed by atoms with Crippen LogP contribution >= 0.6 is 23.2 Å². The first-order valence-corrected chi connectivity index (χ1v) is 9.94. The van der Waals surface area contributed by atoms with Crippen LogP contribution in [0.1, 0.15) is 0 Å². The van der Waals surface area contributed by atoms with Gasteiger partial charge in [-0.1, -0.05) is 29.8 Å². The molecule has 1 N–H and O–H groups in total. The number of hydrogen-bond donors (Lipinski definition) is 1. The summed E-state index contributed by atoms with van der Waals surface area (Å²) in [6.07, 6.45) is 2.59. The van der Waals surface area contributed by atoms with Gasteiger partial charge in [0.2, 0.25) is 5.91 Å². The molecule has 4 rings (SSSR count). The van der Waals surface area contributed by atoms with Crippen molar-refractivity contribution < 1.29 is 14.3 Å². The van der Waals surface area contributed by atoms with Crippen molar-refractivity contribution in [2.24, 2.45) is 0 Å². The highest BCUT2D eigenvalue weighted by molar-refractivity contribution is 6.37. The molecule has 0 radical (unpaired) electrons. The van der Waals surface area contributed by atoms with E-state index in [0.29, 0.717) is 37.4 Å². The van der Waals surface area contributed by atoms with Crippen LogP contribution in [0.3, 0.4) is 0 Å². The van der Waals surface area contributed by atoms with Crippen molar-refractivity contribution >= 4 is 45.8 Å². The summed E-state index contributed by atoms with van der Waals surface area (Å²) in [4.78, 5) is 23.9. The number of carbonyl (C=O) groups excluding carboxylic acids is 1. The molecule has 0 bridgehead atoms. The molecule has 1 saturated heterocycles. The predicted molar refractivity (Wildman–Crippen MR) is 116 cm³/mol. The van der Waals surface area contributed by atoms with Crippen molar-refractivity contribution in [3.8, 4) is 16.9 Å². The van der Waals surface area contributed by atoms with Crippen LogP contribution in [0.25, 0.3) is 22.0 Å². The maximum atomic E-state index is 15.5. The number of hydrogen-bond acceptors (Lipinski definition) is 5. The maximum absolute atomic E-state index is 15.5. The molecule has 30 heavy (non-hydrogen) atoms. The lowest BCUT2D eigenvalue weighted by Crippen LogP contribution is -2.48. The molecule has 2 heterocycles. The number of halogens is 3. The van der Waals surface area contributed by atoms with Gasteiger partial charge in [0.1, 0.15) is 23.4 Å². The number of rotatable bonds is 3. The number of amides is 1. The van der Waals surface area contributed by atoms with E-state index in [1.807, 2.05) is 4.90 Å². The van der Waals surface area contributed by atoms with Gasteiger partial charge in [0.15, 0.2) is 5.82 Å². The standard InChI is InChI=1S/C21H17Cl2FN4O2/c1-2-17(30)27-5-7-28(8-6-27)21-14-10-16(23)18(19(24)20(14)25-11-26-21)13-9-12(29)3-4-15(13)22/h2-4,9-11,29H,1,5-8H2. The van der Waals surface area contributed by atoms with Crippen LogP contribution in [-0.2, 0) is 4.79 Å². The first-order chi connectivity index (χ1) is 14.4. The Morgan fingerprint density at radius 2 is 1.87 bits per heavy atom. The van der Waals surface area contributed by atoms with Gasteiger partial charge in [-0.15, -0.1) is 0 Å². The molecule has 0 atom stereocenters. The number of phenolic OH excluding ortho intramolecular Hbond substituents is 1. The minimum absolute atomic E-state index is 0.0553. The van der Waals surface area contributed by atoms with Crippen LogP contribution in [0.15, 0.2) is 43.2 Å². The van der Waals surface area contributed by atoms with E-state index in [1.165, 1.54) is 30.6 Å². The predicted octanol–water partition coefficient (Wildman–Crippen LogP) is 4.28. The van der Waals surface area contributed by atoms with Crippen LogP contribution in [-0.4, -0.2) is 52.1 Å². The highest BCUT2D eigenvalue weighted by atomic mass is 35.5. The molecule has 1 aliphatic rings. The quantitative estimate of drug-likeness (QED) is 0.607. The third kappa shape index (κ3) is 3.55. The second-order valence-electron chi connectivity index (χ2n) is 6.82. The topological polar surface area (TPSA) is 69.6 Å². The zero-order chi connectivity index (χ0) is 21.4. The van der Waals surface area contributed by atoms with Crippen LogP contribution in [0.4, 0.5) is 10.2 Å². The largest absolute Gasteiger partial charge is 0.508 e. The van der Waals surface area contributed by atoms with Crippen LogP contribution in [0.2, 0.25) is 10.0 Å². The summed E-state index contributed by atoms with van der Waals surface area (Å²) in [5.74, 6) is -0.279. The molecule has 2 aromatic carbocycles. The molecule has 0 spiro atoms. The number of piperazine rings is 1. The van der Waals surface area contributed by atoms with Gasteiger partial charge in [-0.05, 0) is 30.3 Å². The van der Waals surface area contributed by atoms with Gasteiger partial charge in [0, 0.05) is 47.7 Å². The van der Waals surface area contributed by atoms with E-state index in [4.69, 9.17) is 23.2 Å². The number of carbonyl (C=O) groups is 1. The lowest BCUT2D eigenvalue weighted by Gasteiger charge is -2.35. The number of aromatic hydroxyl groups is 1. The van der Waals surface area contributed by atoms with E-state index < -0.39 is 5.82 Å². The van der Waals surface area contributed by atoms with Gasteiger partial charge in [-0.25, -0.2) is 14.4 Å². The molecule has 0 unspecified atom stereocenters. The highest BCUT2D eigenvalue weighted by Gasteiger charge is 2.25. The van der Waals surface area contributed by atoms with E-state index in [9.17, 15) is 9.90 Å². The van der Waals surface area contributed by atoms with E-state index in [-0.39, 0.29) is 38.3 Å². The molecule has 1 amide bonds. The van der Waals surface area contributed by atoms with Gasteiger partial charge in [-0.3, -0.25) is 4.79 Å². The highest BCUT2D eigenvalue weighted by Crippen LogP contribution is 2.41. The minimum Gasteiger partial charge on any atom is -0.508 e. The van der Waals surface area contributed by atoms with Crippen LogP contribution < -0.4 is 4.90 Å². The lowest BCUT2D eigenvalue weighted by atomic mass is 10.0. The second-order valence-corrected chi connectivity index (χ2v) is 7.64. The molecular formula is C21H17Cl2FN4O2. The first-order valence-electron chi connectivity index (χ1n) is 9.18. The summed E-state index contributed by atoms with van der Waals surface area (Å²) in [5, 5.41) is 10.6. The zero-order valence-electron chi connectivity index (χ0n) is 15.8. The molecule has 1 aromatic heterocycles. The van der Waals surface area contributed by atoms with Gasteiger partial charge < -0.3 is 14.9 Å². The smallest absolute Gasteiger partial charge is 0.246 e. The number of anilines is 1. The molecular weight excluding hydrogens is 430 g/mol. The van der Waals surface area contributed by atoms with E-state index in [0.717, 1.165) is 0 Å². The molecule has 0 saturated carbocycles. The molecule has 0 aliphatic carbocycles. The van der Waals surface area contributed by atoms with Crippen molar-refractivity contribution in [3.63, 3.8) is 0 Å². The molecule has 9 heteroatoms. The second kappa shape index (κ2) is 8.08. The van der Waals surface area contributed by atoms with Crippen molar-refractivity contribution in [2.75, 3.05) is 31.1 Å². The van der Waals surface area contributed by atoms with Crippen molar-refractivity contribution in [2.45, 2.75) is 0 Å². The van der Waals surface area contributed by atoms with Gasteiger partial charge >= 0.3 is 0 Å². The Labute approximate surface area is 182 Å². The number of benzene rings is 2. The third-order valence-corrected chi connectivity index (χ3v) is 5.71. The molecule has 3 aromatic rings. The molecule has 6 nitrogen and oxygen atoms in total. The summed E-state index contributed by atoms with van der Waals surface area (Å²) in [6, 6.07) is 5.85. The van der Waals surface area contributed by atoms with Crippen molar-refractivity contribution in [3.05, 3.63) is 59.1 Å². The number of fused-ring (bicyclic) bond motifs is 1. The summed E-state index contributed by atoms with van der Waals surface area (Å²) >= 11 is 12.7. The normalized spacial score (nSPS) is 14.2. The van der Waals surface area contributed by atoms with Gasteiger partial charge in [0.05, 0.1) is 5.02 Å². The molecule has 1 aliphatic heterocycles. The zero-order valence-corrected chi connectivity index (χ0v) is 17.3. The molecule has 154 valence electrons. The van der Waals surface area contributed by atoms with Crippen molar-refractivity contribution in [1.82, 2.24) is 14.9 Å². The number of phenols is 1. The van der Waals surface area contributed by atoms with Crippen LogP contribution in [0.5, 0.6) is 5.75 Å². The average molecular weight is 447 g/mol. The Morgan fingerprint density at radius 1 is 1.13 bits per heavy atom. The SMILES string of the molecule is C=CC(=O)N1CCN(c2ncnc3c(F)c(-c4cc(O)ccc4Cl)c(Cl)cc23)CC1. The first kappa shape index (κ1) is 20.4. The van der Waals surface area contributed by atoms with Crippen LogP contribution in [0, 0.1) is 5.82 Å². The van der Waals surface area contributed by atoms with Gasteiger partial charge in [0.25, 0.3) is 0 Å². The number of aromatic nitrogens is 2. The maximum Gasteiger partial charge on any atom is 0.246 e.